The van der Waals surface area contributed by atoms with Gasteiger partial charge in [0.25, 0.3) is 5.91 Å². The predicted octanol–water partition coefficient (Wildman–Crippen LogP) is 9.43. The molecule has 2 saturated carbocycles. The molecule has 3 aromatic carbocycles. The maximum atomic E-state index is 16.0. The van der Waals surface area contributed by atoms with Crippen molar-refractivity contribution in [2.75, 3.05) is 6.61 Å². The van der Waals surface area contributed by atoms with Crippen LogP contribution >= 0.6 is 0 Å². The summed E-state index contributed by atoms with van der Waals surface area (Å²) in [5, 5.41) is 16.8. The summed E-state index contributed by atoms with van der Waals surface area (Å²) in [6, 6.07) is 26.7. The van der Waals surface area contributed by atoms with Gasteiger partial charge in [0.15, 0.2) is 28.3 Å². The summed E-state index contributed by atoms with van der Waals surface area (Å²) in [6.45, 7) is 23.6. The largest absolute Gasteiger partial charge is 0.456 e. The van der Waals surface area contributed by atoms with E-state index in [0.717, 1.165) is 0 Å². The second-order valence-electron chi connectivity index (χ2n) is 22.8. The summed E-state index contributed by atoms with van der Waals surface area (Å²) in [4.78, 5) is 89.6. The number of ether oxygens (including phenoxy) is 4. The molecular weight excluding hydrogens is 963 g/mol. The van der Waals surface area contributed by atoms with Crippen molar-refractivity contribution in [2.24, 2.45) is 16.7 Å². The molecule has 16 heteroatoms. The van der Waals surface area contributed by atoms with E-state index in [2.05, 4.69) is 5.32 Å². The van der Waals surface area contributed by atoms with E-state index < -0.39 is 128 Å². The van der Waals surface area contributed by atoms with Gasteiger partial charge in [-0.05, 0) is 85.5 Å². The van der Waals surface area contributed by atoms with Crippen molar-refractivity contribution >= 4 is 52.0 Å². The number of hydrogen-bond acceptors (Lipinski definition) is 13. The molecule has 0 radical (unpaired) electrons. The van der Waals surface area contributed by atoms with Gasteiger partial charge in [0.1, 0.15) is 23.9 Å². The van der Waals surface area contributed by atoms with Crippen LogP contribution in [0.5, 0.6) is 0 Å². The standard InChI is InChI=1S/C57H75NO13Si2/c1-14-73(15-2,16-3)70-41-32-42-56(34-66-42,69-36(5)59)47-49(68-51(63)39-30-24-19-25-31-39)57(65)33-40(35(4)43(54(57,9)10)45(60)48(61)55(41,47)11)67-52(64)46(71-72(12,13)53(6,7)8)44(37-26-20-17-21-27-37)58-50(62)38-28-22-18-23-29-38/h17-31,40-42,44,46-47,49,65H,14-16,32-34H2,1-13H3,(H,58,62)/t40-,41?,42?,44-,46+,47-,49-,55+,56?,57+/m0/s1. The Balaban J connectivity index is 1.45. The van der Waals surface area contributed by atoms with Gasteiger partial charge in [-0.3, -0.25) is 19.2 Å². The van der Waals surface area contributed by atoms with Crippen molar-refractivity contribution in [1.29, 1.82) is 0 Å². The lowest BCUT2D eigenvalue weighted by molar-refractivity contribution is -0.342. The first kappa shape index (κ1) is 55.6. The Morgan fingerprint density at radius 3 is 1.89 bits per heavy atom. The summed E-state index contributed by atoms with van der Waals surface area (Å²) in [5.74, 6) is -6.19. The van der Waals surface area contributed by atoms with E-state index >= 15 is 14.4 Å². The molecule has 7 rings (SSSR count). The Kier molecular flexibility index (Phi) is 15.7. The second-order valence-corrected chi connectivity index (χ2v) is 32.3. The molecule has 3 aliphatic carbocycles. The zero-order valence-electron chi connectivity index (χ0n) is 44.8. The summed E-state index contributed by atoms with van der Waals surface area (Å²) >= 11 is 0. The number of rotatable bonds is 16. The molecule has 10 atom stereocenters. The highest BCUT2D eigenvalue weighted by molar-refractivity contribution is 6.74. The lowest BCUT2D eigenvalue weighted by atomic mass is 9.45. The van der Waals surface area contributed by atoms with Gasteiger partial charge >= 0.3 is 17.9 Å². The number of benzene rings is 3. The van der Waals surface area contributed by atoms with E-state index in [1.807, 2.05) is 60.7 Å². The second kappa shape index (κ2) is 20.5. The molecule has 3 aromatic rings. The summed E-state index contributed by atoms with van der Waals surface area (Å²) in [6.07, 6.45) is -6.90. The van der Waals surface area contributed by atoms with Gasteiger partial charge in [-0.1, -0.05) is 122 Å². The average molecular weight is 1040 g/mol. The maximum Gasteiger partial charge on any atom is 0.338 e. The minimum absolute atomic E-state index is 0.0759. The molecule has 1 heterocycles. The van der Waals surface area contributed by atoms with Crippen LogP contribution in [0, 0.1) is 16.7 Å². The number of fused-ring (bicyclic) bond motifs is 5. The highest BCUT2D eigenvalue weighted by Gasteiger charge is 2.78. The first-order chi connectivity index (χ1) is 34.2. The molecule has 4 aliphatic rings. The minimum Gasteiger partial charge on any atom is -0.456 e. The predicted molar refractivity (Wildman–Crippen MR) is 279 cm³/mol. The van der Waals surface area contributed by atoms with Gasteiger partial charge in [-0.25, -0.2) is 9.59 Å². The number of nitrogens with one attached hydrogen (secondary N) is 1. The normalized spacial score (nSPS) is 28.7. The molecule has 14 nitrogen and oxygen atoms in total. The third-order valence-corrected chi connectivity index (χ3v) is 26.6. The number of hydrogen-bond donors (Lipinski definition) is 2. The molecule has 2 bridgehead atoms. The van der Waals surface area contributed by atoms with Crippen LogP contribution < -0.4 is 5.32 Å². The fourth-order valence-electron chi connectivity index (χ4n) is 11.8. The van der Waals surface area contributed by atoms with Gasteiger partial charge in [0.05, 0.1) is 35.6 Å². The van der Waals surface area contributed by atoms with Gasteiger partial charge in [-0.15, -0.1) is 0 Å². The molecule has 394 valence electrons. The maximum absolute atomic E-state index is 16.0. The third-order valence-electron chi connectivity index (χ3n) is 17.5. The average Bonchev–Trinajstić information content (AvgIpc) is 3.35. The van der Waals surface area contributed by atoms with E-state index in [1.54, 1.807) is 113 Å². The summed E-state index contributed by atoms with van der Waals surface area (Å²) < 4.78 is 40.2. The van der Waals surface area contributed by atoms with Crippen LogP contribution in [0.25, 0.3) is 0 Å². The number of ketones is 2. The van der Waals surface area contributed by atoms with Gasteiger partial charge < -0.3 is 38.2 Å². The molecule has 73 heavy (non-hydrogen) atoms. The van der Waals surface area contributed by atoms with Crippen LogP contribution in [-0.2, 0) is 47.0 Å². The van der Waals surface area contributed by atoms with Crippen molar-refractivity contribution in [3.05, 3.63) is 119 Å². The highest BCUT2D eigenvalue weighted by Crippen LogP contribution is 2.64. The topological polar surface area (TPSA) is 190 Å². The van der Waals surface area contributed by atoms with Crippen LogP contribution in [-0.4, -0.2) is 105 Å². The van der Waals surface area contributed by atoms with Crippen LogP contribution in [0.15, 0.2) is 102 Å². The molecule has 2 N–H and O–H groups in total. The van der Waals surface area contributed by atoms with Crippen molar-refractivity contribution in [2.45, 2.75) is 173 Å². The van der Waals surface area contributed by atoms with Crippen molar-refractivity contribution in [3.63, 3.8) is 0 Å². The SMILES string of the molecule is CC[Si](CC)(CC)OC1CC2OCC2(OC(C)=O)[C@H]2[C@H](OC(=O)c3ccccc3)[C@]3(O)C[C@H](OC(=O)[C@H](O[Si](C)(C)C(C)(C)C)[C@@H](NC(=O)c4ccccc4)c4ccccc4)C(C)=C(C(=O)C(=O)[C@]12C)C3(C)C. The number of amides is 1. The van der Waals surface area contributed by atoms with Crippen molar-refractivity contribution in [1.82, 2.24) is 5.32 Å². The zero-order chi connectivity index (χ0) is 53.7. The minimum atomic E-state index is -2.92. The fourth-order valence-corrected chi connectivity index (χ4v) is 15.9. The van der Waals surface area contributed by atoms with E-state index in [0.29, 0.717) is 29.3 Å². The number of aliphatic hydroxyl groups is 1. The number of carbonyl (C=O) groups excluding carboxylic acids is 6. The first-order valence-corrected chi connectivity index (χ1v) is 31.2. The molecular formula is C57H75NO13Si2. The Morgan fingerprint density at radius 2 is 1.38 bits per heavy atom. The first-order valence-electron chi connectivity index (χ1n) is 25.8. The van der Waals surface area contributed by atoms with Crippen molar-refractivity contribution in [3.8, 4) is 0 Å². The molecule has 0 spiro atoms. The van der Waals surface area contributed by atoms with E-state index in [-0.39, 0.29) is 29.7 Å². The van der Waals surface area contributed by atoms with E-state index in [1.165, 1.54) is 6.92 Å². The van der Waals surface area contributed by atoms with Gasteiger partial charge in [-0.2, -0.15) is 0 Å². The summed E-state index contributed by atoms with van der Waals surface area (Å²) in [7, 11) is -5.54. The van der Waals surface area contributed by atoms with Crippen LogP contribution in [0.3, 0.4) is 0 Å². The van der Waals surface area contributed by atoms with E-state index in [9.17, 15) is 19.5 Å². The zero-order valence-corrected chi connectivity index (χ0v) is 46.8. The number of esters is 3. The molecule has 3 fully saturated rings. The van der Waals surface area contributed by atoms with Crippen LogP contribution in [0.2, 0.25) is 36.3 Å². The molecule has 1 saturated heterocycles. The number of carbonyl (C=O) groups is 6. The number of Topliss-reactive ketones (excluding diaryl/α,β-unsaturated/α-hetero) is 2. The lowest BCUT2D eigenvalue weighted by Gasteiger charge is -2.67. The molecule has 3 unspecified atom stereocenters. The molecule has 1 aliphatic heterocycles. The molecule has 0 aromatic heterocycles. The van der Waals surface area contributed by atoms with Gasteiger partial charge in [0, 0.05) is 36.3 Å². The Morgan fingerprint density at radius 1 is 0.836 bits per heavy atom. The highest BCUT2D eigenvalue weighted by atomic mass is 28.4. The summed E-state index contributed by atoms with van der Waals surface area (Å²) in [5.41, 5.74) is -6.49. The van der Waals surface area contributed by atoms with Crippen LogP contribution in [0.4, 0.5) is 0 Å². The Labute approximate surface area is 432 Å². The fraction of sp³-hybridized carbons (Fsp3) is 0.544. The Hall–Kier alpha value is -5.11. The lowest BCUT2D eigenvalue weighted by Crippen LogP contribution is -2.82. The van der Waals surface area contributed by atoms with Crippen molar-refractivity contribution < 1.29 is 61.7 Å². The van der Waals surface area contributed by atoms with Gasteiger partial charge in [0.2, 0.25) is 11.6 Å². The Bertz CT molecular complexity index is 2600. The van der Waals surface area contributed by atoms with E-state index in [4.69, 9.17) is 27.8 Å². The quantitative estimate of drug-likeness (QED) is 0.0598. The molecule has 1 amide bonds. The smallest absolute Gasteiger partial charge is 0.338 e. The van der Waals surface area contributed by atoms with Crippen LogP contribution in [0.1, 0.15) is 121 Å². The monoisotopic (exact) mass is 1040 g/mol. The third kappa shape index (κ3) is 9.76.